The topological polar surface area (TPSA) is 114 Å². The monoisotopic (exact) mass is 474 g/mol. The molecule has 2 aromatic carbocycles. The van der Waals surface area contributed by atoms with Crippen molar-refractivity contribution in [3.05, 3.63) is 89.5 Å². The van der Waals surface area contributed by atoms with E-state index in [0.29, 0.717) is 46.6 Å². The van der Waals surface area contributed by atoms with Crippen molar-refractivity contribution in [2.45, 2.75) is 31.1 Å². The molecule has 2 heterocycles. The summed E-state index contributed by atoms with van der Waals surface area (Å²) in [6.45, 7) is 1.78. The van der Waals surface area contributed by atoms with Gasteiger partial charge < -0.3 is 9.73 Å². The number of furan rings is 1. The lowest BCUT2D eigenvalue weighted by Gasteiger charge is -2.14. The van der Waals surface area contributed by atoms with Gasteiger partial charge in [-0.05, 0) is 44.0 Å². The molecular formula is C25H22N4O4S. The van der Waals surface area contributed by atoms with Gasteiger partial charge >= 0.3 is 0 Å². The molecule has 0 atom stereocenters. The number of carbonyl (C=O) groups is 1. The summed E-state index contributed by atoms with van der Waals surface area (Å²) in [6.07, 6.45) is 3.62. The molecule has 2 aromatic heterocycles. The Balaban J connectivity index is 1.44. The van der Waals surface area contributed by atoms with Gasteiger partial charge in [-0.25, -0.2) is 0 Å². The first kappa shape index (κ1) is 21.8. The van der Waals surface area contributed by atoms with E-state index >= 15 is 0 Å². The van der Waals surface area contributed by atoms with Gasteiger partial charge in [-0.3, -0.25) is 9.78 Å². The van der Waals surface area contributed by atoms with Crippen molar-refractivity contribution in [3.8, 4) is 0 Å². The normalized spacial score (nSPS) is 14.7. The van der Waals surface area contributed by atoms with Crippen LogP contribution in [0.1, 0.15) is 40.3 Å². The lowest BCUT2D eigenvalue weighted by molar-refractivity contribution is 0.0994. The van der Waals surface area contributed by atoms with Crippen LogP contribution in [0, 0.1) is 6.92 Å². The van der Waals surface area contributed by atoms with Gasteiger partial charge in [0.2, 0.25) is 0 Å². The van der Waals surface area contributed by atoms with Crippen LogP contribution in [-0.4, -0.2) is 25.0 Å². The van der Waals surface area contributed by atoms with Gasteiger partial charge in [0.15, 0.2) is 5.76 Å². The Hall–Kier alpha value is -3.98. The first-order valence-electron chi connectivity index (χ1n) is 10.9. The molecule has 0 fully saturated rings. The van der Waals surface area contributed by atoms with Gasteiger partial charge in [0.05, 0.1) is 21.8 Å². The van der Waals surface area contributed by atoms with Gasteiger partial charge in [-0.1, -0.05) is 36.4 Å². The van der Waals surface area contributed by atoms with Crippen molar-refractivity contribution >= 4 is 38.2 Å². The number of nitrogens with zero attached hydrogens (tertiary/aromatic N) is 2. The number of fused-ring (bicyclic) bond motifs is 2. The summed E-state index contributed by atoms with van der Waals surface area (Å²) in [5.74, 6) is 0.412. The minimum Gasteiger partial charge on any atom is -0.455 e. The van der Waals surface area contributed by atoms with E-state index in [1.807, 2.05) is 24.3 Å². The smallest absolute Gasteiger partial charge is 0.291 e. The molecule has 0 bridgehead atoms. The fourth-order valence-corrected chi connectivity index (χ4v) is 5.00. The van der Waals surface area contributed by atoms with Crippen molar-refractivity contribution in [2.75, 3.05) is 5.32 Å². The second-order valence-electron chi connectivity index (χ2n) is 8.01. The Bertz CT molecular complexity index is 1520. The van der Waals surface area contributed by atoms with Crippen LogP contribution < -0.4 is 10.1 Å². The second kappa shape index (κ2) is 8.75. The molecule has 1 amide bonds. The molecule has 5 rings (SSSR count). The number of hydrogen-bond donors (Lipinski definition) is 2. The molecule has 0 aliphatic heterocycles. The summed E-state index contributed by atoms with van der Waals surface area (Å²) in [4.78, 5) is 19.9. The molecule has 0 spiro atoms. The van der Waals surface area contributed by atoms with Crippen LogP contribution in [0.25, 0.3) is 10.9 Å². The van der Waals surface area contributed by atoms with Gasteiger partial charge in [0.25, 0.3) is 15.9 Å². The number of hydrogen-bond acceptors (Lipinski definition) is 6. The van der Waals surface area contributed by atoms with E-state index in [4.69, 9.17) is 4.42 Å². The van der Waals surface area contributed by atoms with Crippen LogP contribution in [0.5, 0.6) is 0 Å². The number of aromatic nitrogens is 1. The van der Waals surface area contributed by atoms with Crippen LogP contribution in [0.2, 0.25) is 0 Å². The number of benzene rings is 2. The van der Waals surface area contributed by atoms with Crippen molar-refractivity contribution in [1.82, 2.24) is 9.82 Å². The Kier molecular flexibility index (Phi) is 5.62. The molecule has 1 aliphatic carbocycles. The lowest BCUT2D eigenvalue weighted by Crippen LogP contribution is -2.22. The number of anilines is 1. The van der Waals surface area contributed by atoms with Crippen LogP contribution >= 0.6 is 0 Å². The Morgan fingerprint density at radius 3 is 2.65 bits per heavy atom. The first-order chi connectivity index (χ1) is 16.4. The number of hydrazone groups is 1. The van der Waals surface area contributed by atoms with E-state index in [9.17, 15) is 13.2 Å². The number of para-hydroxylation sites is 1. The molecule has 0 unspecified atom stereocenters. The maximum atomic E-state index is 13.1. The number of carbonyl (C=O) groups excluding carboxylic acids is 1. The van der Waals surface area contributed by atoms with E-state index in [1.54, 1.807) is 37.4 Å². The molecule has 34 heavy (non-hydrogen) atoms. The largest absolute Gasteiger partial charge is 0.455 e. The van der Waals surface area contributed by atoms with Crippen LogP contribution in [0.3, 0.4) is 0 Å². The quantitative estimate of drug-likeness (QED) is 0.416. The predicted molar refractivity (Wildman–Crippen MR) is 129 cm³/mol. The number of pyridine rings is 1. The van der Waals surface area contributed by atoms with E-state index < -0.39 is 15.9 Å². The van der Waals surface area contributed by atoms with Crippen LogP contribution in [0.15, 0.2) is 81.3 Å². The minimum absolute atomic E-state index is 0.128. The highest BCUT2D eigenvalue weighted by Gasteiger charge is 2.28. The van der Waals surface area contributed by atoms with Crippen LogP contribution in [0.4, 0.5) is 5.69 Å². The Morgan fingerprint density at radius 1 is 1.03 bits per heavy atom. The summed E-state index contributed by atoms with van der Waals surface area (Å²) in [5.41, 5.74) is 3.13. The average Bonchev–Trinajstić information content (AvgIpc) is 3.21. The van der Waals surface area contributed by atoms with Gasteiger partial charge in [-0.15, -0.1) is 0 Å². The number of nitrogens with one attached hydrogen (secondary N) is 2. The Morgan fingerprint density at radius 2 is 1.82 bits per heavy atom. The molecule has 0 saturated carbocycles. The van der Waals surface area contributed by atoms with E-state index in [0.717, 1.165) is 11.8 Å². The second-order valence-corrected chi connectivity index (χ2v) is 9.67. The van der Waals surface area contributed by atoms with Crippen molar-refractivity contribution in [1.29, 1.82) is 0 Å². The molecule has 4 aromatic rings. The number of amides is 1. The number of aryl methyl sites for hydroxylation is 1. The van der Waals surface area contributed by atoms with Crippen molar-refractivity contribution < 1.29 is 17.6 Å². The SMILES string of the molecule is Cc1c(C(=O)Nc2cccc3cccnc23)oc2c1/C(=N/NS(=O)(=O)c1ccccc1)CCC2. The molecule has 172 valence electrons. The third kappa shape index (κ3) is 4.06. The van der Waals surface area contributed by atoms with Crippen LogP contribution in [-0.2, 0) is 16.4 Å². The number of rotatable bonds is 5. The molecule has 0 radical (unpaired) electrons. The number of sulfonamides is 1. The predicted octanol–water partition coefficient (Wildman–Crippen LogP) is 4.41. The van der Waals surface area contributed by atoms with Gasteiger partial charge in [-0.2, -0.15) is 18.4 Å². The minimum atomic E-state index is -3.80. The summed E-state index contributed by atoms with van der Waals surface area (Å²) < 4.78 is 31.1. The highest BCUT2D eigenvalue weighted by molar-refractivity contribution is 7.89. The maximum Gasteiger partial charge on any atom is 0.291 e. The maximum absolute atomic E-state index is 13.1. The summed E-state index contributed by atoms with van der Waals surface area (Å²) >= 11 is 0. The fraction of sp³-hybridized carbons (Fsp3) is 0.160. The third-order valence-electron chi connectivity index (χ3n) is 5.77. The van der Waals surface area contributed by atoms with E-state index in [1.165, 1.54) is 12.1 Å². The molecular weight excluding hydrogens is 452 g/mol. The van der Waals surface area contributed by atoms with E-state index in [-0.39, 0.29) is 10.7 Å². The van der Waals surface area contributed by atoms with Gasteiger partial charge in [0, 0.05) is 29.1 Å². The third-order valence-corrected chi connectivity index (χ3v) is 6.99. The lowest BCUT2D eigenvalue weighted by atomic mass is 9.93. The zero-order chi connectivity index (χ0) is 23.7. The molecule has 8 nitrogen and oxygen atoms in total. The zero-order valence-corrected chi connectivity index (χ0v) is 19.2. The first-order valence-corrected chi connectivity index (χ1v) is 12.3. The fourth-order valence-electron chi connectivity index (χ4n) is 4.15. The summed E-state index contributed by atoms with van der Waals surface area (Å²) in [5, 5.41) is 8.02. The highest BCUT2D eigenvalue weighted by Crippen LogP contribution is 2.31. The molecule has 1 aliphatic rings. The van der Waals surface area contributed by atoms with Gasteiger partial charge in [0.1, 0.15) is 5.76 Å². The van der Waals surface area contributed by atoms with Crippen molar-refractivity contribution in [2.24, 2.45) is 5.10 Å². The molecule has 9 heteroatoms. The zero-order valence-electron chi connectivity index (χ0n) is 18.4. The average molecular weight is 475 g/mol. The highest BCUT2D eigenvalue weighted by atomic mass is 32.2. The summed E-state index contributed by atoms with van der Waals surface area (Å²) in [7, 11) is -3.80. The standard InChI is InChI=1S/C25H22N4O4S/c1-16-22-19(28-29-34(31,32)18-10-3-2-4-11-18)12-6-14-21(22)33-24(16)25(30)27-20-13-5-8-17-9-7-15-26-23(17)20/h2-5,7-11,13,15,29H,6,12,14H2,1H3,(H,27,30)/b28-19+. The Labute approximate surface area is 196 Å². The molecule has 2 N–H and O–H groups in total. The molecule has 0 saturated heterocycles. The van der Waals surface area contributed by atoms with E-state index in [2.05, 4.69) is 20.2 Å². The summed E-state index contributed by atoms with van der Waals surface area (Å²) in [6, 6.07) is 17.4. The van der Waals surface area contributed by atoms with Crippen molar-refractivity contribution in [3.63, 3.8) is 0 Å².